The maximum Gasteiger partial charge on any atom is 0.305 e. The molecule has 158 valence electrons. The third-order valence-electron chi connectivity index (χ3n) is 5.09. The highest BCUT2D eigenvalue weighted by molar-refractivity contribution is 5.86. The van der Waals surface area contributed by atoms with Crippen molar-refractivity contribution >= 4 is 40.7 Å². The molecule has 0 bridgehead atoms. The number of rotatable bonds is 7. The zero-order valence-corrected chi connectivity index (χ0v) is 16.5. The van der Waals surface area contributed by atoms with Crippen molar-refractivity contribution < 1.29 is 29.6 Å². The van der Waals surface area contributed by atoms with E-state index < -0.39 is 11.9 Å². The zero-order valence-electron chi connectivity index (χ0n) is 16.5. The molecule has 3 N–H and O–H groups in total. The van der Waals surface area contributed by atoms with E-state index in [-0.39, 0.29) is 31.7 Å². The number of fused-ring (bicyclic) bond motifs is 4. The number of nitrogens with zero attached hydrogens (tertiary/aromatic N) is 2. The van der Waals surface area contributed by atoms with Crippen LogP contribution in [0.3, 0.4) is 0 Å². The quantitative estimate of drug-likeness (QED) is 0.420. The molecule has 0 saturated heterocycles. The number of phenols is 1. The van der Waals surface area contributed by atoms with Gasteiger partial charge in [0.2, 0.25) is 0 Å². The maximum absolute atomic E-state index is 11.0. The fourth-order valence-electron chi connectivity index (χ4n) is 3.58. The lowest BCUT2D eigenvalue weighted by Gasteiger charge is -2.25. The summed E-state index contributed by atoms with van der Waals surface area (Å²) in [6, 6.07) is 12.0. The molecule has 4 rings (SSSR count). The summed E-state index contributed by atoms with van der Waals surface area (Å²) in [6.45, 7) is 4.38. The fraction of sp³-hybridized carbons (Fsp3) is 0.174. The van der Waals surface area contributed by atoms with Gasteiger partial charge in [0.25, 0.3) is 0 Å². The van der Waals surface area contributed by atoms with Crippen molar-refractivity contribution in [3.8, 4) is 17.2 Å². The fourth-order valence-corrected chi connectivity index (χ4v) is 3.58. The molecule has 0 saturated carbocycles. The van der Waals surface area contributed by atoms with Gasteiger partial charge in [0, 0.05) is 30.2 Å². The molecule has 1 aliphatic rings. The smallest absolute Gasteiger partial charge is 0.305 e. The Hall–Kier alpha value is -4.07. The molecule has 1 heterocycles. The number of carbonyl (C=O) groups is 2. The summed E-state index contributed by atoms with van der Waals surface area (Å²) in [5, 5.41) is 30.8. The van der Waals surface area contributed by atoms with Crippen LogP contribution in [0.1, 0.15) is 12.8 Å². The predicted molar refractivity (Wildman–Crippen MR) is 115 cm³/mol. The minimum absolute atomic E-state index is 0.115. The molecule has 0 aromatic heterocycles. The Balaban J connectivity index is 1.76. The summed E-state index contributed by atoms with van der Waals surface area (Å²) in [6.07, 6.45) is -0.240. The molecule has 0 radical (unpaired) electrons. The Morgan fingerprint density at radius 1 is 0.935 bits per heavy atom. The second-order valence-corrected chi connectivity index (χ2v) is 7.25. The second kappa shape index (κ2) is 7.98. The number of ether oxygens (including phenoxy) is 1. The van der Waals surface area contributed by atoms with Crippen LogP contribution in [0, 0.1) is 0 Å². The van der Waals surface area contributed by atoms with Gasteiger partial charge in [0.05, 0.1) is 12.8 Å². The highest BCUT2D eigenvalue weighted by Crippen LogP contribution is 2.37. The summed E-state index contributed by atoms with van der Waals surface area (Å²) < 4.78 is 6.07. The first-order chi connectivity index (χ1) is 14.8. The van der Waals surface area contributed by atoms with Crippen molar-refractivity contribution in [2.45, 2.75) is 12.8 Å². The Labute approximate surface area is 177 Å². The lowest BCUT2D eigenvalue weighted by Crippen LogP contribution is -2.28. The van der Waals surface area contributed by atoms with E-state index in [0.29, 0.717) is 28.2 Å². The molecule has 1 aliphatic heterocycles. The van der Waals surface area contributed by atoms with Crippen LogP contribution in [0.15, 0.2) is 47.5 Å². The number of phenolic OH excluding ortho intramolecular Hbond substituents is 1. The van der Waals surface area contributed by atoms with E-state index in [2.05, 4.69) is 6.58 Å². The molecule has 31 heavy (non-hydrogen) atoms. The topological polar surface area (TPSA) is 120 Å². The molecule has 0 amide bonds. The highest BCUT2D eigenvalue weighted by atomic mass is 16.5. The van der Waals surface area contributed by atoms with E-state index >= 15 is 0 Å². The average molecular weight is 420 g/mol. The second-order valence-electron chi connectivity index (χ2n) is 7.25. The van der Waals surface area contributed by atoms with Crippen molar-refractivity contribution in [1.29, 1.82) is 0 Å². The summed E-state index contributed by atoms with van der Waals surface area (Å²) >= 11 is 0. The van der Waals surface area contributed by atoms with Crippen molar-refractivity contribution in [2.24, 2.45) is 4.99 Å². The van der Waals surface area contributed by atoms with E-state index in [1.165, 1.54) is 0 Å². The predicted octanol–water partition coefficient (Wildman–Crippen LogP) is 2.77. The molecule has 8 nitrogen and oxygen atoms in total. The molecular weight excluding hydrogens is 400 g/mol. The van der Waals surface area contributed by atoms with Gasteiger partial charge in [0.15, 0.2) is 11.5 Å². The van der Waals surface area contributed by atoms with Gasteiger partial charge in [-0.15, -0.1) is 0 Å². The van der Waals surface area contributed by atoms with Crippen LogP contribution in [0.2, 0.25) is 0 Å². The highest BCUT2D eigenvalue weighted by Gasteiger charge is 2.18. The van der Waals surface area contributed by atoms with Crippen LogP contribution >= 0.6 is 0 Å². The van der Waals surface area contributed by atoms with Crippen molar-refractivity contribution in [3.63, 3.8) is 0 Å². The summed E-state index contributed by atoms with van der Waals surface area (Å²) in [4.78, 5) is 28.4. The Morgan fingerprint density at radius 2 is 1.65 bits per heavy atom. The minimum Gasteiger partial charge on any atom is -0.508 e. The lowest BCUT2D eigenvalue weighted by molar-refractivity contribution is -0.137. The van der Waals surface area contributed by atoms with Crippen LogP contribution < -0.4 is 20.2 Å². The van der Waals surface area contributed by atoms with Gasteiger partial charge in [-0.25, -0.2) is 4.99 Å². The molecule has 3 aromatic rings. The van der Waals surface area contributed by atoms with Crippen LogP contribution in [-0.4, -0.2) is 40.3 Å². The SMILES string of the molecule is C=c1cc2c(c3cc(O)ccc13)=Nc1ccc(N(CCC(=O)O)CCC(=O)O)cc1O2. The largest absolute Gasteiger partial charge is 0.508 e. The van der Waals surface area contributed by atoms with E-state index in [0.717, 1.165) is 16.0 Å². The number of anilines is 1. The first-order valence-corrected chi connectivity index (χ1v) is 9.65. The monoisotopic (exact) mass is 420 g/mol. The van der Waals surface area contributed by atoms with Crippen LogP contribution in [-0.2, 0) is 9.59 Å². The third-order valence-corrected chi connectivity index (χ3v) is 5.09. The summed E-state index contributed by atoms with van der Waals surface area (Å²) in [5.74, 6) is -0.841. The van der Waals surface area contributed by atoms with E-state index in [1.807, 2.05) is 0 Å². The average Bonchev–Trinajstić information content (AvgIpc) is 2.72. The Bertz CT molecular complexity index is 1300. The van der Waals surface area contributed by atoms with Gasteiger partial charge in [-0.3, -0.25) is 9.59 Å². The molecule has 3 aromatic carbocycles. The van der Waals surface area contributed by atoms with E-state index in [9.17, 15) is 14.7 Å². The molecule has 8 heteroatoms. The lowest BCUT2D eigenvalue weighted by atomic mass is 10.1. The van der Waals surface area contributed by atoms with Crippen molar-refractivity contribution in [1.82, 2.24) is 0 Å². The molecule has 0 fully saturated rings. The number of benzene rings is 3. The summed E-state index contributed by atoms with van der Waals surface area (Å²) in [7, 11) is 0. The number of carboxylic acids is 2. The van der Waals surface area contributed by atoms with Crippen LogP contribution in [0.5, 0.6) is 17.2 Å². The molecule has 0 aliphatic carbocycles. The van der Waals surface area contributed by atoms with Gasteiger partial charge in [0.1, 0.15) is 16.8 Å². The maximum atomic E-state index is 11.0. The Morgan fingerprint density at radius 3 is 2.32 bits per heavy atom. The molecular formula is C23H20N2O6. The van der Waals surface area contributed by atoms with Crippen LogP contribution in [0.4, 0.5) is 11.4 Å². The summed E-state index contributed by atoms with van der Waals surface area (Å²) in [5.41, 5.74) is 1.22. The minimum atomic E-state index is -0.962. The van der Waals surface area contributed by atoms with Crippen molar-refractivity contribution in [2.75, 3.05) is 18.0 Å². The number of aliphatic carboxylic acids is 2. The normalized spacial score (nSPS) is 11.7. The number of carboxylic acid groups (broad SMARTS) is 2. The molecule has 0 unspecified atom stereocenters. The Kier molecular flexibility index (Phi) is 5.21. The zero-order chi connectivity index (χ0) is 22.1. The standard InChI is InChI=1S/C23H20N2O6/c1-13-10-20-23(17-12-15(26)3-4-16(13)17)24-18-5-2-14(11-19(18)31-20)25(8-6-21(27)28)9-7-22(29)30/h2-5,10-12,26H,1,6-9H2,(H,27,28)(H,29,30). The number of hydrogen-bond donors (Lipinski definition) is 3. The van der Waals surface area contributed by atoms with E-state index in [4.69, 9.17) is 19.9 Å². The third kappa shape index (κ3) is 4.13. The first-order valence-electron chi connectivity index (χ1n) is 9.65. The van der Waals surface area contributed by atoms with Crippen molar-refractivity contribution in [3.05, 3.63) is 53.0 Å². The number of aromatic hydroxyl groups is 1. The van der Waals surface area contributed by atoms with Gasteiger partial charge in [-0.1, -0.05) is 12.6 Å². The van der Waals surface area contributed by atoms with Crippen LogP contribution in [0.25, 0.3) is 17.4 Å². The van der Waals surface area contributed by atoms with Gasteiger partial charge in [-0.2, -0.15) is 0 Å². The van der Waals surface area contributed by atoms with Gasteiger partial charge in [-0.05, 0) is 40.9 Å². The first kappa shape index (κ1) is 20.2. The van der Waals surface area contributed by atoms with Gasteiger partial charge < -0.3 is 25.0 Å². The number of hydrogen-bond acceptors (Lipinski definition) is 6. The molecule has 0 atom stereocenters. The van der Waals surface area contributed by atoms with Gasteiger partial charge >= 0.3 is 11.9 Å². The molecule has 0 spiro atoms. The van der Waals surface area contributed by atoms with E-state index in [1.54, 1.807) is 47.4 Å².